The topological polar surface area (TPSA) is 26.3 Å². The first-order valence-electron chi connectivity index (χ1n) is 6.82. The number of hydrogen-bond acceptors (Lipinski definition) is 2. The van der Waals surface area contributed by atoms with Crippen LogP contribution in [-0.2, 0) is 7.86 Å². The van der Waals surface area contributed by atoms with Gasteiger partial charge in [-0.1, -0.05) is 0 Å². The standard InChI is InChI=1S/C17H16F3IO2/c1-11-9-12(2)15(13(3)10-11)21(14-7-5-4-6-8-14)23-16(22)17(18,19)20/h4-10H,1-3H3. The first kappa shape index (κ1) is 17.8. The molecule has 0 amide bonds. The number of aryl methyl sites for hydroxylation is 3. The zero-order valence-electron chi connectivity index (χ0n) is 12.9. The zero-order valence-corrected chi connectivity index (χ0v) is 15.0. The van der Waals surface area contributed by atoms with Crippen LogP contribution in [0.15, 0.2) is 42.5 Å². The van der Waals surface area contributed by atoms with E-state index in [-0.39, 0.29) is 0 Å². The van der Waals surface area contributed by atoms with E-state index in [4.69, 9.17) is 3.07 Å². The van der Waals surface area contributed by atoms with Gasteiger partial charge in [0.25, 0.3) is 0 Å². The Bertz CT molecular complexity index is 689. The molecule has 0 aromatic heterocycles. The second kappa shape index (κ2) is 6.90. The Morgan fingerprint density at radius 2 is 1.52 bits per heavy atom. The van der Waals surface area contributed by atoms with Gasteiger partial charge in [0.2, 0.25) is 0 Å². The summed E-state index contributed by atoms with van der Waals surface area (Å²) >= 11 is -2.99. The Morgan fingerprint density at radius 1 is 1.00 bits per heavy atom. The Morgan fingerprint density at radius 3 is 2.00 bits per heavy atom. The Balaban J connectivity index is 2.53. The van der Waals surface area contributed by atoms with Gasteiger partial charge in [-0.2, -0.15) is 0 Å². The quantitative estimate of drug-likeness (QED) is 0.621. The van der Waals surface area contributed by atoms with Gasteiger partial charge < -0.3 is 0 Å². The Hall–Kier alpha value is -1.57. The fourth-order valence-corrected chi connectivity index (χ4v) is 6.94. The maximum atomic E-state index is 12.7. The molecule has 0 saturated carbocycles. The molecule has 124 valence electrons. The molecule has 0 saturated heterocycles. The van der Waals surface area contributed by atoms with Crippen molar-refractivity contribution in [3.8, 4) is 0 Å². The Labute approximate surface area is 140 Å². The minimum atomic E-state index is -4.99. The summed E-state index contributed by atoms with van der Waals surface area (Å²) in [5, 5.41) is 0. The fraction of sp³-hybridized carbons (Fsp3) is 0.235. The van der Waals surface area contributed by atoms with E-state index in [1.165, 1.54) is 0 Å². The van der Waals surface area contributed by atoms with Crippen LogP contribution < -0.4 is 0 Å². The van der Waals surface area contributed by atoms with E-state index in [1.54, 1.807) is 30.3 Å². The van der Waals surface area contributed by atoms with Gasteiger partial charge in [0.15, 0.2) is 0 Å². The minimum absolute atomic E-state index is 0.657. The predicted octanol–water partition coefficient (Wildman–Crippen LogP) is 5.18. The molecule has 0 fully saturated rings. The summed E-state index contributed by atoms with van der Waals surface area (Å²) < 4.78 is 44.3. The molecule has 0 aliphatic carbocycles. The van der Waals surface area contributed by atoms with Crippen LogP contribution in [-0.4, -0.2) is 12.1 Å². The van der Waals surface area contributed by atoms with Gasteiger partial charge in [-0.25, -0.2) is 0 Å². The summed E-state index contributed by atoms with van der Waals surface area (Å²) in [6.45, 7) is 5.60. The van der Waals surface area contributed by atoms with Crippen LogP contribution in [0, 0.1) is 27.9 Å². The van der Waals surface area contributed by atoms with Crippen LogP contribution in [0.4, 0.5) is 13.2 Å². The molecule has 2 rings (SSSR count). The number of halogens is 4. The number of rotatable bonds is 3. The maximum absolute atomic E-state index is 12.7. The van der Waals surface area contributed by atoms with Crippen LogP contribution in [0.2, 0.25) is 0 Å². The summed E-state index contributed by atoms with van der Waals surface area (Å²) in [5.74, 6) is -2.12. The Kier molecular flexibility index (Phi) is 5.33. The summed E-state index contributed by atoms with van der Waals surface area (Å²) in [6.07, 6.45) is -4.99. The van der Waals surface area contributed by atoms with Crippen LogP contribution in [0.1, 0.15) is 16.7 Å². The molecule has 0 aliphatic rings. The second-order valence-electron chi connectivity index (χ2n) is 5.12. The van der Waals surface area contributed by atoms with E-state index >= 15 is 0 Å². The SMILES string of the molecule is Cc1cc(C)c(I(OC(=O)C(F)(F)F)c2ccccc2)c(C)c1. The van der Waals surface area contributed by atoms with Crippen LogP contribution in [0.3, 0.4) is 0 Å². The molecule has 2 aromatic rings. The molecule has 0 heterocycles. The van der Waals surface area contributed by atoms with Crippen molar-refractivity contribution in [1.29, 1.82) is 0 Å². The number of carbonyl (C=O) groups excluding carboxylic acids is 1. The molecule has 0 spiro atoms. The third kappa shape index (κ3) is 4.25. The molecular formula is C17H16F3IO2. The number of benzene rings is 2. The number of alkyl halides is 3. The van der Waals surface area contributed by atoms with Gasteiger partial charge in [0.05, 0.1) is 0 Å². The molecule has 0 aliphatic heterocycles. The average molecular weight is 436 g/mol. The van der Waals surface area contributed by atoms with E-state index < -0.39 is 32.4 Å². The molecule has 6 heteroatoms. The molecule has 0 unspecified atom stereocenters. The molecule has 0 atom stereocenters. The summed E-state index contributed by atoms with van der Waals surface area (Å²) in [6, 6.07) is 12.5. The first-order valence-corrected chi connectivity index (χ1v) is 9.86. The fourth-order valence-electron chi connectivity index (χ4n) is 2.27. The molecule has 0 radical (unpaired) electrons. The van der Waals surface area contributed by atoms with E-state index in [1.807, 2.05) is 32.9 Å². The molecule has 2 nitrogen and oxygen atoms in total. The second-order valence-corrected chi connectivity index (χ2v) is 9.30. The third-order valence-corrected chi connectivity index (χ3v) is 8.43. The molecule has 23 heavy (non-hydrogen) atoms. The monoisotopic (exact) mass is 436 g/mol. The average Bonchev–Trinajstić information content (AvgIpc) is 2.45. The van der Waals surface area contributed by atoms with Crippen molar-refractivity contribution in [3.63, 3.8) is 0 Å². The molecule has 0 N–H and O–H groups in total. The van der Waals surface area contributed by atoms with Crippen LogP contribution >= 0.6 is 20.2 Å². The van der Waals surface area contributed by atoms with Gasteiger partial charge >= 0.3 is 140 Å². The van der Waals surface area contributed by atoms with E-state index in [2.05, 4.69) is 0 Å². The van der Waals surface area contributed by atoms with Gasteiger partial charge in [-0.15, -0.1) is 0 Å². The van der Waals surface area contributed by atoms with Crippen molar-refractivity contribution in [2.75, 3.05) is 0 Å². The van der Waals surface area contributed by atoms with Crippen molar-refractivity contribution in [2.45, 2.75) is 26.9 Å². The van der Waals surface area contributed by atoms with Gasteiger partial charge in [0, 0.05) is 0 Å². The predicted molar refractivity (Wildman–Crippen MR) is 90.7 cm³/mol. The molecule has 2 aromatic carbocycles. The van der Waals surface area contributed by atoms with Crippen molar-refractivity contribution < 1.29 is 21.0 Å². The van der Waals surface area contributed by atoms with Crippen molar-refractivity contribution in [3.05, 3.63) is 66.3 Å². The molecule has 0 bridgehead atoms. The summed E-state index contributed by atoms with van der Waals surface area (Å²) in [5.41, 5.74) is 2.73. The summed E-state index contributed by atoms with van der Waals surface area (Å²) in [7, 11) is 0. The summed E-state index contributed by atoms with van der Waals surface area (Å²) in [4.78, 5) is 11.4. The van der Waals surface area contributed by atoms with E-state index in [0.717, 1.165) is 20.3 Å². The van der Waals surface area contributed by atoms with Crippen LogP contribution in [0.5, 0.6) is 0 Å². The van der Waals surface area contributed by atoms with E-state index in [9.17, 15) is 18.0 Å². The third-order valence-electron chi connectivity index (χ3n) is 3.06. The number of hydrogen-bond donors (Lipinski definition) is 0. The normalized spacial score (nSPS) is 12.0. The van der Waals surface area contributed by atoms with Gasteiger partial charge in [-0.05, 0) is 0 Å². The van der Waals surface area contributed by atoms with E-state index in [0.29, 0.717) is 3.57 Å². The number of carbonyl (C=O) groups is 1. The van der Waals surface area contributed by atoms with Gasteiger partial charge in [-0.3, -0.25) is 0 Å². The van der Waals surface area contributed by atoms with Crippen LogP contribution in [0.25, 0.3) is 0 Å². The van der Waals surface area contributed by atoms with Crippen molar-refractivity contribution in [2.24, 2.45) is 0 Å². The van der Waals surface area contributed by atoms with Crippen molar-refractivity contribution in [1.82, 2.24) is 0 Å². The van der Waals surface area contributed by atoms with Gasteiger partial charge in [0.1, 0.15) is 0 Å². The zero-order chi connectivity index (χ0) is 17.2. The first-order chi connectivity index (χ1) is 10.7. The molecular weight excluding hydrogens is 420 g/mol. The van der Waals surface area contributed by atoms with Crippen molar-refractivity contribution >= 4 is 26.2 Å².